The van der Waals surface area contributed by atoms with Crippen molar-refractivity contribution in [1.29, 1.82) is 0 Å². The lowest BCUT2D eigenvalue weighted by Crippen LogP contribution is -2.18. The first-order valence-corrected chi connectivity index (χ1v) is 13.6. The zero-order chi connectivity index (χ0) is 32.2. The smallest absolute Gasteiger partial charge is 0.338 e. The second-order valence-corrected chi connectivity index (χ2v) is 9.78. The molecule has 0 unspecified atom stereocenters. The van der Waals surface area contributed by atoms with E-state index in [-0.39, 0.29) is 54.7 Å². The quantitative estimate of drug-likeness (QED) is 0.0712. The van der Waals surface area contributed by atoms with E-state index in [1.165, 1.54) is 24.3 Å². The molecule has 0 saturated carbocycles. The first kappa shape index (κ1) is 33.7. The molecular weight excluding hydrogens is 574 g/mol. The van der Waals surface area contributed by atoms with Gasteiger partial charge in [0.25, 0.3) is 5.91 Å². The number of rotatable bonds is 15. The third-order valence-corrected chi connectivity index (χ3v) is 6.37. The van der Waals surface area contributed by atoms with E-state index in [2.05, 4.69) is 21.0 Å². The second-order valence-electron chi connectivity index (χ2n) is 9.78. The molecule has 0 fully saturated rings. The predicted octanol–water partition coefficient (Wildman–Crippen LogP) is 4.34. The summed E-state index contributed by atoms with van der Waals surface area (Å²) in [7, 11) is 3.23. The molecule has 0 saturated heterocycles. The van der Waals surface area contributed by atoms with Crippen LogP contribution in [0.15, 0.2) is 54.6 Å². The fourth-order valence-corrected chi connectivity index (χ4v) is 4.09. The number of carboxylic acid groups (broad SMARTS) is 1. The van der Waals surface area contributed by atoms with Crippen LogP contribution in [0.1, 0.15) is 56.0 Å². The number of ether oxygens (including phenoxy) is 2. The number of carboxylic acids is 1. The fraction of sp³-hybridized carbons (Fsp3) is 0.290. The Morgan fingerprint density at radius 3 is 2.14 bits per heavy atom. The van der Waals surface area contributed by atoms with Crippen molar-refractivity contribution < 1.29 is 48.7 Å². The number of hydrogen-bond donors (Lipinski definition) is 5. The second kappa shape index (κ2) is 16.1. The highest BCUT2D eigenvalue weighted by Crippen LogP contribution is 2.27. The van der Waals surface area contributed by atoms with Gasteiger partial charge in [-0.05, 0) is 58.7 Å². The third-order valence-electron chi connectivity index (χ3n) is 6.37. The first-order valence-electron chi connectivity index (χ1n) is 13.6. The van der Waals surface area contributed by atoms with Gasteiger partial charge in [-0.1, -0.05) is 32.0 Å². The molecule has 0 atom stereocenters. The summed E-state index contributed by atoms with van der Waals surface area (Å²) in [5, 5.41) is 24.3. The van der Waals surface area contributed by atoms with Gasteiger partial charge in [-0.2, -0.15) is 0 Å². The summed E-state index contributed by atoms with van der Waals surface area (Å²) in [4.78, 5) is 59.3. The van der Waals surface area contributed by atoms with E-state index in [0.717, 1.165) is 0 Å². The number of carbonyl (C=O) groups excluding carboxylic acids is 3. The lowest BCUT2D eigenvalue weighted by molar-refractivity contribution is -0.253. The minimum Gasteiger partial charge on any atom is -0.478 e. The number of anilines is 2. The summed E-state index contributed by atoms with van der Waals surface area (Å²) < 4.78 is 10.2. The number of hydrogen-bond acceptors (Lipinski definition) is 11. The van der Waals surface area contributed by atoms with Crippen molar-refractivity contribution in [3.8, 4) is 11.1 Å². The Bertz CT molecular complexity index is 1510. The summed E-state index contributed by atoms with van der Waals surface area (Å²) >= 11 is 0. The summed E-state index contributed by atoms with van der Waals surface area (Å²) in [5.74, 6) is -3.45. The molecular formula is C31H35N3O10. The molecule has 5 N–H and O–H groups in total. The van der Waals surface area contributed by atoms with Crippen molar-refractivity contribution in [3.63, 3.8) is 0 Å². The van der Waals surface area contributed by atoms with Crippen LogP contribution in [-0.4, -0.2) is 61.5 Å². The number of hydroxylamine groups is 1. The van der Waals surface area contributed by atoms with E-state index in [1.807, 2.05) is 0 Å². The number of aromatic carboxylic acids is 1. The molecule has 1 amide bonds. The van der Waals surface area contributed by atoms with E-state index < -0.39 is 23.8 Å². The molecule has 13 nitrogen and oxygen atoms in total. The predicted molar refractivity (Wildman–Crippen MR) is 160 cm³/mol. The van der Waals surface area contributed by atoms with Crippen LogP contribution in [0.3, 0.4) is 0 Å². The topological polar surface area (TPSA) is 182 Å². The Morgan fingerprint density at radius 1 is 0.795 bits per heavy atom. The van der Waals surface area contributed by atoms with Crippen LogP contribution in [0, 0.1) is 5.92 Å². The maximum atomic E-state index is 13.4. The van der Waals surface area contributed by atoms with Gasteiger partial charge in [0.1, 0.15) is 19.8 Å². The van der Waals surface area contributed by atoms with Gasteiger partial charge in [0.05, 0.1) is 29.2 Å². The highest BCUT2D eigenvalue weighted by Gasteiger charge is 2.20. The van der Waals surface area contributed by atoms with Crippen molar-refractivity contribution in [1.82, 2.24) is 5.48 Å². The van der Waals surface area contributed by atoms with Gasteiger partial charge in [0.15, 0.2) is 0 Å². The van der Waals surface area contributed by atoms with E-state index >= 15 is 0 Å². The van der Waals surface area contributed by atoms with E-state index in [1.54, 1.807) is 58.3 Å². The Kier molecular flexibility index (Phi) is 12.4. The first-order chi connectivity index (χ1) is 21.1. The maximum Gasteiger partial charge on any atom is 0.338 e. The number of benzene rings is 3. The Morgan fingerprint density at radius 2 is 1.48 bits per heavy atom. The highest BCUT2D eigenvalue weighted by molar-refractivity contribution is 6.12. The summed E-state index contributed by atoms with van der Waals surface area (Å²) in [5.41, 5.74) is 5.61. The van der Waals surface area contributed by atoms with Crippen LogP contribution in [0.2, 0.25) is 0 Å². The van der Waals surface area contributed by atoms with Gasteiger partial charge >= 0.3 is 17.9 Å². The molecule has 0 spiro atoms. The third kappa shape index (κ3) is 9.09. The standard InChI is InChI=1S/C31H35N3O10/c1-18(2)30(38)41-9-10-42-31(39)22-12-24(32-3)15-25(13-22)34-28(35)27-14-20(7-8-26(27)29(36)37)19-5-6-21(17-44-40)23(11-19)16-43-33-4/h5-8,11-15,18,32-33,40H,9-10,16-17H2,1-4H3,(H,34,35)(H,36,37). The van der Waals surface area contributed by atoms with Crippen molar-refractivity contribution in [2.24, 2.45) is 5.92 Å². The van der Waals surface area contributed by atoms with Crippen LogP contribution in [-0.2, 0) is 37.2 Å². The van der Waals surface area contributed by atoms with Gasteiger partial charge in [-0.25, -0.2) is 20.0 Å². The van der Waals surface area contributed by atoms with Crippen molar-refractivity contribution >= 4 is 35.2 Å². The average Bonchev–Trinajstić information content (AvgIpc) is 3.01. The monoisotopic (exact) mass is 609 g/mol. The van der Waals surface area contributed by atoms with Gasteiger partial charge < -0.3 is 25.2 Å². The molecule has 3 aromatic carbocycles. The molecule has 0 aromatic heterocycles. The average molecular weight is 610 g/mol. The molecule has 44 heavy (non-hydrogen) atoms. The van der Waals surface area contributed by atoms with Gasteiger partial charge in [0, 0.05) is 25.5 Å². The molecule has 3 aromatic rings. The molecule has 0 heterocycles. The van der Waals surface area contributed by atoms with Crippen molar-refractivity contribution in [2.75, 3.05) is 37.9 Å². The summed E-state index contributed by atoms with van der Waals surface area (Å²) in [6.45, 7) is 3.20. The molecule has 13 heteroatoms. The SMILES string of the molecule is CNOCc1cc(-c2ccc(C(=O)O)c(C(=O)Nc3cc(NC)cc(C(=O)OCCOC(=O)C(C)C)c3)c2)ccc1COO. The van der Waals surface area contributed by atoms with Crippen LogP contribution in [0.4, 0.5) is 11.4 Å². The van der Waals surface area contributed by atoms with Gasteiger partial charge in [0.2, 0.25) is 0 Å². The fourth-order valence-electron chi connectivity index (χ4n) is 4.09. The summed E-state index contributed by atoms with van der Waals surface area (Å²) in [6.07, 6.45) is 0. The Labute approximate surface area is 254 Å². The van der Waals surface area contributed by atoms with Crippen molar-refractivity contribution in [2.45, 2.75) is 27.1 Å². The minimum atomic E-state index is -1.30. The molecule has 0 aliphatic rings. The lowest BCUT2D eigenvalue weighted by atomic mass is 9.95. The minimum absolute atomic E-state index is 0.0684. The van der Waals surface area contributed by atoms with Crippen LogP contribution < -0.4 is 16.1 Å². The zero-order valence-electron chi connectivity index (χ0n) is 24.8. The van der Waals surface area contributed by atoms with Crippen LogP contribution >= 0.6 is 0 Å². The highest BCUT2D eigenvalue weighted by atomic mass is 17.1. The Hall–Kier alpha value is -4.82. The number of esters is 2. The normalized spacial score (nSPS) is 10.8. The lowest BCUT2D eigenvalue weighted by Gasteiger charge is -2.14. The number of nitrogens with one attached hydrogen (secondary N) is 3. The van der Waals surface area contributed by atoms with Gasteiger partial charge in [-0.15, -0.1) is 0 Å². The van der Waals surface area contributed by atoms with Crippen LogP contribution in [0.25, 0.3) is 11.1 Å². The van der Waals surface area contributed by atoms with E-state index in [0.29, 0.717) is 27.9 Å². The van der Waals surface area contributed by atoms with E-state index in [4.69, 9.17) is 19.6 Å². The van der Waals surface area contributed by atoms with Crippen molar-refractivity contribution in [3.05, 3.63) is 82.4 Å². The van der Waals surface area contributed by atoms with E-state index in [9.17, 15) is 24.3 Å². The number of amides is 1. The maximum absolute atomic E-state index is 13.4. The number of carbonyl (C=O) groups is 4. The molecule has 3 rings (SSSR count). The zero-order valence-corrected chi connectivity index (χ0v) is 24.8. The molecule has 0 aliphatic carbocycles. The van der Waals surface area contributed by atoms with Crippen LogP contribution in [0.5, 0.6) is 0 Å². The Balaban J connectivity index is 1.87. The molecule has 234 valence electrons. The molecule has 0 aliphatic heterocycles. The molecule has 0 bridgehead atoms. The largest absolute Gasteiger partial charge is 0.478 e. The van der Waals surface area contributed by atoms with Gasteiger partial charge in [-0.3, -0.25) is 19.7 Å². The summed E-state index contributed by atoms with van der Waals surface area (Å²) in [6, 6.07) is 14.1. The molecule has 0 radical (unpaired) electrons.